The molecule has 0 unspecified atom stereocenters. The summed E-state index contributed by atoms with van der Waals surface area (Å²) in [7, 11) is 0. The number of ketones is 1. The van der Waals surface area contributed by atoms with Crippen molar-refractivity contribution < 1.29 is 14.3 Å². The van der Waals surface area contributed by atoms with Gasteiger partial charge in [-0.1, -0.05) is 0 Å². The molecule has 3 rings (SSSR count). The second-order valence-corrected chi connectivity index (χ2v) is 8.03. The number of rotatable bonds is 9. The van der Waals surface area contributed by atoms with E-state index in [9.17, 15) is 9.59 Å². The zero-order valence-electron chi connectivity index (χ0n) is 16.3. The number of nitrogens with one attached hydrogen (secondary N) is 1. The van der Waals surface area contributed by atoms with Gasteiger partial charge < -0.3 is 10.1 Å². The molecule has 1 N–H and O–H groups in total. The molecular weight excluding hydrogens is 376 g/mol. The Bertz CT molecular complexity index is 796. The van der Waals surface area contributed by atoms with Gasteiger partial charge in [-0.15, -0.1) is 11.3 Å². The number of hydrogen-bond acceptors (Lipinski definition) is 7. The van der Waals surface area contributed by atoms with Crippen LogP contribution in [0.3, 0.4) is 0 Å². The van der Waals surface area contributed by atoms with Crippen molar-refractivity contribution in [2.75, 3.05) is 26.2 Å². The highest BCUT2D eigenvalue weighted by Crippen LogP contribution is 2.29. The number of aromatic nitrogens is 2. The number of carbonyl (C=O) groups is 2. The molecule has 0 aromatic carbocycles. The van der Waals surface area contributed by atoms with E-state index >= 15 is 0 Å². The lowest BCUT2D eigenvalue weighted by Crippen LogP contribution is -2.35. The first kappa shape index (κ1) is 20.4. The second kappa shape index (κ2) is 9.75. The maximum atomic E-state index is 12.6. The van der Waals surface area contributed by atoms with Crippen LogP contribution in [0.5, 0.6) is 5.06 Å². The Labute approximate surface area is 169 Å². The predicted octanol–water partition coefficient (Wildman–Crippen LogP) is 2.25. The van der Waals surface area contributed by atoms with Crippen molar-refractivity contribution in [2.24, 2.45) is 5.92 Å². The molecule has 0 bridgehead atoms. The van der Waals surface area contributed by atoms with Crippen molar-refractivity contribution in [3.63, 3.8) is 0 Å². The quantitative estimate of drug-likeness (QED) is 0.693. The van der Waals surface area contributed by atoms with Crippen LogP contribution < -0.4 is 10.1 Å². The first-order chi connectivity index (χ1) is 13.5. The van der Waals surface area contributed by atoms with Crippen LogP contribution in [0.25, 0.3) is 0 Å². The third-order valence-corrected chi connectivity index (χ3v) is 5.89. The summed E-state index contributed by atoms with van der Waals surface area (Å²) in [6.07, 6.45) is 5.84. The maximum absolute atomic E-state index is 12.6. The highest BCUT2D eigenvalue weighted by molar-refractivity contribution is 7.13. The Morgan fingerprint density at radius 1 is 1.39 bits per heavy atom. The Morgan fingerprint density at radius 3 is 3.00 bits per heavy atom. The van der Waals surface area contributed by atoms with Gasteiger partial charge in [-0.3, -0.25) is 24.5 Å². The zero-order valence-corrected chi connectivity index (χ0v) is 17.1. The van der Waals surface area contributed by atoms with Gasteiger partial charge in [0.2, 0.25) is 5.91 Å². The fourth-order valence-electron chi connectivity index (χ4n) is 3.31. The number of ether oxygens (including phenoxy) is 1. The Hall–Kier alpha value is -2.32. The molecule has 2 atom stereocenters. The topological polar surface area (TPSA) is 84.4 Å². The van der Waals surface area contributed by atoms with E-state index in [2.05, 4.69) is 15.3 Å². The number of amides is 1. The average molecular weight is 403 g/mol. The van der Waals surface area contributed by atoms with Gasteiger partial charge in [0, 0.05) is 30.0 Å². The SMILES string of the molecule is CCOc1ccc([C@@H](C)NC(=O)[C@@H]2CCN(CC(=O)Cc3cnccn3)C2)s1. The van der Waals surface area contributed by atoms with Gasteiger partial charge in [0.1, 0.15) is 0 Å². The molecule has 2 aromatic rings. The van der Waals surface area contributed by atoms with Crippen LogP contribution >= 0.6 is 11.3 Å². The molecule has 7 nitrogen and oxygen atoms in total. The van der Waals surface area contributed by atoms with Crippen molar-refractivity contribution in [3.05, 3.63) is 41.3 Å². The third kappa shape index (κ3) is 5.59. The molecule has 1 aliphatic rings. The van der Waals surface area contributed by atoms with Gasteiger partial charge in [0.15, 0.2) is 10.8 Å². The van der Waals surface area contributed by atoms with E-state index in [1.807, 2.05) is 30.9 Å². The Kier molecular flexibility index (Phi) is 7.11. The summed E-state index contributed by atoms with van der Waals surface area (Å²) in [6.45, 7) is 6.28. The van der Waals surface area contributed by atoms with Gasteiger partial charge in [-0.2, -0.15) is 0 Å². The Balaban J connectivity index is 1.45. The van der Waals surface area contributed by atoms with E-state index in [4.69, 9.17) is 4.74 Å². The average Bonchev–Trinajstić information content (AvgIpc) is 3.32. The summed E-state index contributed by atoms with van der Waals surface area (Å²) in [6, 6.07) is 3.87. The predicted molar refractivity (Wildman–Crippen MR) is 107 cm³/mol. The van der Waals surface area contributed by atoms with E-state index in [0.29, 0.717) is 25.4 Å². The van der Waals surface area contributed by atoms with Gasteiger partial charge in [-0.25, -0.2) is 0 Å². The number of thiophene rings is 1. The van der Waals surface area contributed by atoms with Gasteiger partial charge in [0.05, 0.1) is 37.2 Å². The first-order valence-electron chi connectivity index (χ1n) is 9.57. The molecule has 28 heavy (non-hydrogen) atoms. The molecule has 8 heteroatoms. The third-order valence-electron chi connectivity index (χ3n) is 4.71. The fourth-order valence-corrected chi connectivity index (χ4v) is 4.23. The summed E-state index contributed by atoms with van der Waals surface area (Å²) in [4.78, 5) is 36.1. The highest BCUT2D eigenvalue weighted by atomic mass is 32.1. The lowest BCUT2D eigenvalue weighted by Gasteiger charge is -2.17. The molecular formula is C20H26N4O3S. The molecule has 0 radical (unpaired) electrons. The van der Waals surface area contributed by atoms with Crippen molar-refractivity contribution in [1.29, 1.82) is 0 Å². The number of carbonyl (C=O) groups excluding carboxylic acids is 2. The number of Topliss-reactive ketones (excluding diaryl/α,β-unsaturated/α-hetero) is 1. The summed E-state index contributed by atoms with van der Waals surface area (Å²) < 4.78 is 5.49. The van der Waals surface area contributed by atoms with Crippen molar-refractivity contribution in [3.8, 4) is 5.06 Å². The molecule has 1 saturated heterocycles. The van der Waals surface area contributed by atoms with Crippen LogP contribution in [0.1, 0.15) is 36.9 Å². The monoisotopic (exact) mass is 402 g/mol. The van der Waals surface area contributed by atoms with Crippen LogP contribution in [0.2, 0.25) is 0 Å². The standard InChI is InChI=1S/C20H26N4O3S/c1-3-27-19-5-4-18(28-19)14(2)23-20(26)15-6-9-24(12-15)13-17(25)10-16-11-21-7-8-22-16/h4-5,7-8,11,14-15H,3,6,9-10,12-13H2,1-2H3,(H,23,26)/t14-,15-/m1/s1. The molecule has 2 aromatic heterocycles. The van der Waals surface area contributed by atoms with Crippen molar-refractivity contribution >= 4 is 23.0 Å². The van der Waals surface area contributed by atoms with Crippen LogP contribution in [-0.2, 0) is 16.0 Å². The molecule has 3 heterocycles. The van der Waals surface area contributed by atoms with Crippen LogP contribution in [0.4, 0.5) is 0 Å². The lowest BCUT2D eigenvalue weighted by molar-refractivity contribution is -0.125. The van der Waals surface area contributed by atoms with E-state index < -0.39 is 0 Å². The molecule has 0 saturated carbocycles. The first-order valence-corrected chi connectivity index (χ1v) is 10.4. The number of nitrogens with zero attached hydrogens (tertiary/aromatic N) is 3. The zero-order chi connectivity index (χ0) is 19.9. The van der Waals surface area contributed by atoms with Gasteiger partial charge in [0.25, 0.3) is 0 Å². The molecule has 150 valence electrons. The molecule has 0 aliphatic carbocycles. The van der Waals surface area contributed by atoms with E-state index in [1.54, 1.807) is 29.9 Å². The molecule has 0 spiro atoms. The van der Waals surface area contributed by atoms with E-state index in [1.165, 1.54) is 0 Å². The van der Waals surface area contributed by atoms with Gasteiger partial charge in [-0.05, 0) is 38.9 Å². The largest absolute Gasteiger partial charge is 0.484 e. The van der Waals surface area contributed by atoms with Crippen LogP contribution in [0.15, 0.2) is 30.7 Å². The Morgan fingerprint density at radius 2 is 2.25 bits per heavy atom. The minimum absolute atomic E-state index is 0.0442. The minimum Gasteiger partial charge on any atom is -0.484 e. The summed E-state index contributed by atoms with van der Waals surface area (Å²) in [5.41, 5.74) is 0.678. The second-order valence-electron chi connectivity index (χ2n) is 6.95. The summed E-state index contributed by atoms with van der Waals surface area (Å²) in [5, 5.41) is 3.96. The van der Waals surface area contributed by atoms with E-state index in [0.717, 1.165) is 22.9 Å². The van der Waals surface area contributed by atoms with Crippen LogP contribution in [-0.4, -0.2) is 52.8 Å². The summed E-state index contributed by atoms with van der Waals surface area (Å²) >= 11 is 1.56. The smallest absolute Gasteiger partial charge is 0.224 e. The highest BCUT2D eigenvalue weighted by Gasteiger charge is 2.30. The summed E-state index contributed by atoms with van der Waals surface area (Å²) in [5.74, 6) is 0.0535. The lowest BCUT2D eigenvalue weighted by atomic mass is 10.1. The number of hydrogen-bond donors (Lipinski definition) is 1. The van der Waals surface area contributed by atoms with Crippen molar-refractivity contribution in [1.82, 2.24) is 20.2 Å². The van der Waals surface area contributed by atoms with Crippen LogP contribution in [0, 0.1) is 5.92 Å². The minimum atomic E-state index is -0.0851. The van der Waals surface area contributed by atoms with E-state index in [-0.39, 0.29) is 30.1 Å². The molecule has 1 fully saturated rings. The molecule has 1 aliphatic heterocycles. The normalized spacial score (nSPS) is 18.0. The number of likely N-dealkylation sites (tertiary alicyclic amines) is 1. The molecule has 1 amide bonds. The maximum Gasteiger partial charge on any atom is 0.224 e. The van der Waals surface area contributed by atoms with Gasteiger partial charge >= 0.3 is 0 Å². The van der Waals surface area contributed by atoms with Crippen molar-refractivity contribution in [2.45, 2.75) is 32.7 Å². The fraction of sp³-hybridized carbons (Fsp3) is 0.500.